The van der Waals surface area contributed by atoms with Gasteiger partial charge in [0, 0.05) is 101 Å². The lowest BCUT2D eigenvalue weighted by atomic mass is 10.0. The second-order valence-corrected chi connectivity index (χ2v) is 16.8. The van der Waals surface area contributed by atoms with Crippen LogP contribution in [-0.4, -0.2) is 169 Å². The Morgan fingerprint density at radius 2 is 1.61 bits per heavy atom. The molecule has 0 unspecified atom stereocenters. The Morgan fingerprint density at radius 3 is 2.38 bits per heavy atom. The second kappa shape index (κ2) is 25.5. The topological polar surface area (TPSA) is 236 Å². The molecule has 5 N–H and O–H groups in total. The van der Waals surface area contributed by atoms with E-state index >= 15 is 0 Å². The predicted molar refractivity (Wildman–Crippen MR) is 270 cm³/mol. The van der Waals surface area contributed by atoms with Crippen LogP contribution in [-0.2, 0) is 21.3 Å². The first kappa shape index (κ1) is 46.8. The summed E-state index contributed by atoms with van der Waals surface area (Å²) < 4.78 is 60.8. The molecular formula is C49H61FN16O6. The lowest BCUT2D eigenvalue weighted by Gasteiger charge is -2.36. The smallest absolute Gasteiger partial charge is 0.273 e. The summed E-state index contributed by atoms with van der Waals surface area (Å²) in [5.74, 6) is 1.37. The Balaban J connectivity index is 0.686. The van der Waals surface area contributed by atoms with Crippen LogP contribution in [0.5, 0.6) is 5.75 Å². The molecule has 2 amide bonds. The van der Waals surface area contributed by atoms with Crippen molar-refractivity contribution in [1.29, 1.82) is 0 Å². The number of pyridine rings is 1. The van der Waals surface area contributed by atoms with Gasteiger partial charge in [-0.3, -0.25) is 19.2 Å². The molecule has 23 heteroatoms. The zero-order chi connectivity index (χ0) is 52.6. The molecule has 6 heterocycles. The van der Waals surface area contributed by atoms with E-state index in [0.29, 0.717) is 67.2 Å². The third kappa shape index (κ3) is 14.0. The second-order valence-electron chi connectivity index (χ2n) is 16.8. The Bertz CT molecular complexity index is 2820. The molecule has 0 saturated carbocycles. The standard InChI is InChI=1S/C49H61FN16O6/c1-51-49(68)45-40(58-39-11-5-10-38(46(39)69-3)47-56-33-63(2)62-47)28-43(60-61-45)59-41-13-12-34(30-53-41)48(67)52-14-21-70-23-25-72-26-24-71-22-20-64-16-18-65(19-17-64)44-29-42(54-32-55-44)57-36-8-6-15-66(31-36)37-9-4-7-35(50)27-37/h4-5,7,9-13,27-30,32-33,36H,6,8,14-26,31H2,1-3H3,(H,51,68)(H,52,67)(H,54,55,57)(H2,53,58,59,60)/t36-/m1/s1/i1D3. The van der Waals surface area contributed by atoms with E-state index in [0.717, 1.165) is 76.0 Å². The van der Waals surface area contributed by atoms with Crippen molar-refractivity contribution in [1.82, 2.24) is 55.4 Å². The van der Waals surface area contributed by atoms with Gasteiger partial charge in [-0.25, -0.2) is 24.3 Å². The number of amides is 2. The van der Waals surface area contributed by atoms with E-state index in [4.69, 9.17) is 23.1 Å². The summed E-state index contributed by atoms with van der Waals surface area (Å²) in [6.45, 7) is 6.02. The van der Waals surface area contributed by atoms with Gasteiger partial charge in [0.15, 0.2) is 23.1 Å². The Hall–Kier alpha value is -7.60. The van der Waals surface area contributed by atoms with E-state index in [1.54, 1.807) is 66.8 Å². The van der Waals surface area contributed by atoms with E-state index in [1.165, 1.54) is 25.4 Å². The molecule has 2 aliphatic heterocycles. The highest BCUT2D eigenvalue weighted by atomic mass is 19.1. The molecule has 2 aliphatic rings. The van der Waals surface area contributed by atoms with Gasteiger partial charge >= 0.3 is 0 Å². The number of rotatable bonds is 24. The van der Waals surface area contributed by atoms with Crippen molar-refractivity contribution in [2.24, 2.45) is 7.05 Å². The van der Waals surface area contributed by atoms with Gasteiger partial charge < -0.3 is 55.3 Å². The van der Waals surface area contributed by atoms with Gasteiger partial charge in [-0.2, -0.15) is 5.10 Å². The summed E-state index contributed by atoms with van der Waals surface area (Å²) >= 11 is 0. The number of benzene rings is 2. The average molecular weight is 992 g/mol. The number of hydrogen-bond donors (Lipinski definition) is 5. The molecule has 8 rings (SSSR count). The number of ether oxygens (including phenoxy) is 4. The van der Waals surface area contributed by atoms with E-state index in [9.17, 15) is 14.0 Å². The van der Waals surface area contributed by atoms with Gasteiger partial charge in [-0.15, -0.1) is 10.2 Å². The summed E-state index contributed by atoms with van der Waals surface area (Å²) in [5.41, 5.74) is 1.98. The number of halogens is 1. The number of nitrogens with zero attached hydrogens (tertiary/aromatic N) is 11. The minimum atomic E-state index is -2.78. The maximum Gasteiger partial charge on any atom is 0.273 e. The Kier molecular flexibility index (Phi) is 16.6. The van der Waals surface area contributed by atoms with Crippen molar-refractivity contribution in [2.45, 2.75) is 18.9 Å². The summed E-state index contributed by atoms with van der Waals surface area (Å²) in [4.78, 5) is 50.4. The number of nitrogens with one attached hydrogen (secondary N) is 5. The molecule has 0 aliphatic carbocycles. The van der Waals surface area contributed by atoms with Gasteiger partial charge in [0.2, 0.25) is 0 Å². The number of piperidine rings is 1. The number of methoxy groups -OCH3 is 1. The van der Waals surface area contributed by atoms with Crippen molar-refractivity contribution in [3.05, 3.63) is 103 Å². The maximum absolute atomic E-state index is 13.8. The van der Waals surface area contributed by atoms with Crippen LogP contribution in [0.15, 0.2) is 85.6 Å². The van der Waals surface area contributed by atoms with Crippen molar-refractivity contribution >= 4 is 52.1 Å². The lowest BCUT2D eigenvalue weighted by Crippen LogP contribution is -2.47. The highest BCUT2D eigenvalue weighted by Crippen LogP contribution is 2.37. The minimum Gasteiger partial charge on any atom is -0.494 e. The molecule has 72 heavy (non-hydrogen) atoms. The summed E-state index contributed by atoms with van der Waals surface area (Å²) in [5, 5.41) is 26.9. The van der Waals surface area contributed by atoms with Crippen molar-refractivity contribution in [3.8, 4) is 17.1 Å². The van der Waals surface area contributed by atoms with Crippen molar-refractivity contribution < 1.29 is 37.0 Å². The van der Waals surface area contributed by atoms with Gasteiger partial charge in [0.25, 0.3) is 11.8 Å². The third-order valence-corrected chi connectivity index (χ3v) is 11.9. The van der Waals surface area contributed by atoms with Gasteiger partial charge in [-0.05, 0) is 55.3 Å². The number of anilines is 7. The number of piperazine rings is 1. The number of carbonyl (C=O) groups excluding carboxylic acids is 2. The van der Waals surface area contributed by atoms with E-state index in [-0.39, 0.29) is 48.1 Å². The summed E-state index contributed by atoms with van der Waals surface area (Å²) in [6, 6.07) is 18.8. The van der Waals surface area contributed by atoms with Crippen LogP contribution in [0.3, 0.4) is 0 Å². The normalized spacial score (nSPS) is 15.8. The van der Waals surface area contributed by atoms with Crippen LogP contribution >= 0.6 is 0 Å². The predicted octanol–water partition coefficient (Wildman–Crippen LogP) is 4.13. The highest BCUT2D eigenvalue weighted by molar-refractivity contribution is 5.99. The molecule has 2 fully saturated rings. The summed E-state index contributed by atoms with van der Waals surface area (Å²) in [7, 11) is 3.21. The molecule has 22 nitrogen and oxygen atoms in total. The maximum atomic E-state index is 13.8. The lowest BCUT2D eigenvalue weighted by molar-refractivity contribution is 0.0109. The fraction of sp³-hybridized carbons (Fsp3) is 0.408. The van der Waals surface area contributed by atoms with E-state index in [1.807, 2.05) is 17.4 Å². The molecule has 2 aromatic carbocycles. The fourth-order valence-corrected chi connectivity index (χ4v) is 8.23. The van der Waals surface area contributed by atoms with Crippen LogP contribution in [0.1, 0.15) is 37.8 Å². The summed E-state index contributed by atoms with van der Waals surface area (Å²) in [6.07, 6.45) is 6.58. The van der Waals surface area contributed by atoms with Crippen molar-refractivity contribution in [2.75, 3.05) is 132 Å². The third-order valence-electron chi connectivity index (χ3n) is 11.9. The first-order valence-corrected chi connectivity index (χ1v) is 23.7. The molecule has 1 atom stereocenters. The van der Waals surface area contributed by atoms with Crippen LogP contribution in [0.2, 0.25) is 0 Å². The van der Waals surface area contributed by atoms with E-state index in [2.05, 4.69) is 71.2 Å². The van der Waals surface area contributed by atoms with Crippen molar-refractivity contribution in [3.63, 3.8) is 0 Å². The van der Waals surface area contributed by atoms with Crippen LogP contribution in [0.4, 0.5) is 44.7 Å². The van der Waals surface area contributed by atoms with Crippen LogP contribution in [0, 0.1) is 5.82 Å². The number of para-hydroxylation sites is 1. The Morgan fingerprint density at radius 1 is 0.792 bits per heavy atom. The molecule has 2 saturated heterocycles. The number of aryl methyl sites for hydroxylation is 1. The highest BCUT2D eigenvalue weighted by Gasteiger charge is 2.24. The molecular weight excluding hydrogens is 928 g/mol. The largest absolute Gasteiger partial charge is 0.494 e. The fourth-order valence-electron chi connectivity index (χ4n) is 8.23. The molecule has 0 radical (unpaired) electrons. The van der Waals surface area contributed by atoms with Gasteiger partial charge in [0.1, 0.15) is 35.9 Å². The first-order chi connectivity index (χ1) is 36.4. The zero-order valence-electron chi connectivity index (χ0n) is 43.2. The molecule has 0 bridgehead atoms. The van der Waals surface area contributed by atoms with Crippen LogP contribution in [0.25, 0.3) is 11.4 Å². The number of aromatic nitrogens is 8. The van der Waals surface area contributed by atoms with E-state index < -0.39 is 12.9 Å². The van der Waals surface area contributed by atoms with Crippen LogP contribution < -0.4 is 41.1 Å². The van der Waals surface area contributed by atoms with Gasteiger partial charge in [0.05, 0.1) is 69.3 Å². The minimum absolute atomic E-state index is 0.101. The first-order valence-electron chi connectivity index (χ1n) is 25.2. The SMILES string of the molecule is [2H]C([2H])([2H])NC(=O)c1nnc(Nc2ccc(C(=O)NCCOCCOCCOCCN3CCN(c4cc(N[C@@H]5CCCN(c6cccc(F)c6)C5)ncn4)CC3)cn2)cc1Nc1cccc(-c2ncn(C)n2)c1OC. The zero-order valence-corrected chi connectivity index (χ0v) is 40.2. The quantitative estimate of drug-likeness (QED) is 0.0536. The van der Waals surface area contributed by atoms with Gasteiger partial charge in [-0.1, -0.05) is 12.1 Å². The molecule has 4 aromatic heterocycles. The molecule has 380 valence electrons. The number of hydrogen-bond acceptors (Lipinski definition) is 19. The molecule has 0 spiro atoms. The average Bonchev–Trinajstić information content (AvgIpc) is 3.84. The monoisotopic (exact) mass is 992 g/mol. The Labute approximate surface area is 421 Å². The molecule has 6 aromatic rings. The number of carbonyl (C=O) groups is 2.